The van der Waals surface area contributed by atoms with Gasteiger partial charge >= 0.3 is 6.18 Å². The molecule has 0 atom stereocenters. The van der Waals surface area contributed by atoms with Crippen molar-refractivity contribution < 1.29 is 13.2 Å². The Morgan fingerprint density at radius 1 is 1.35 bits per heavy atom. The Balaban J connectivity index is 0.00000484. The monoisotopic (exact) mass is 482 g/mol. The summed E-state index contributed by atoms with van der Waals surface area (Å²) >= 11 is 2.77. The van der Waals surface area contributed by atoms with E-state index < -0.39 is 11.9 Å². The average Bonchev–Trinajstić information content (AvgIpc) is 2.91. The largest absolute Gasteiger partial charge is 0.434 e. The van der Waals surface area contributed by atoms with Crippen LogP contribution in [-0.2, 0) is 12.6 Å². The van der Waals surface area contributed by atoms with Crippen LogP contribution in [0.4, 0.5) is 13.2 Å². The summed E-state index contributed by atoms with van der Waals surface area (Å²) in [5.74, 6) is 0.634. The predicted molar refractivity (Wildman–Crippen MR) is 103 cm³/mol. The van der Waals surface area contributed by atoms with Crippen LogP contribution in [0.25, 0.3) is 0 Å². The summed E-state index contributed by atoms with van der Waals surface area (Å²) in [4.78, 5) is 7.68. The second-order valence-corrected chi connectivity index (χ2v) is 7.65. The van der Waals surface area contributed by atoms with Gasteiger partial charge in [-0.3, -0.25) is 4.99 Å². The molecule has 0 amide bonds. The highest BCUT2D eigenvalue weighted by atomic mass is 127. The van der Waals surface area contributed by atoms with Crippen molar-refractivity contribution in [3.05, 3.63) is 16.1 Å². The number of hydrogen-bond acceptors (Lipinski definition) is 4. The van der Waals surface area contributed by atoms with Gasteiger partial charge in [-0.1, -0.05) is 0 Å². The van der Waals surface area contributed by atoms with E-state index in [1.165, 1.54) is 0 Å². The van der Waals surface area contributed by atoms with Gasteiger partial charge in [-0.2, -0.15) is 24.9 Å². The molecule has 0 spiro atoms. The zero-order valence-electron chi connectivity index (χ0n) is 13.5. The van der Waals surface area contributed by atoms with E-state index in [0.717, 1.165) is 23.3 Å². The van der Waals surface area contributed by atoms with Crippen LogP contribution in [-0.4, -0.2) is 42.1 Å². The first kappa shape index (κ1) is 22.8. The molecule has 0 aromatic carbocycles. The quantitative estimate of drug-likeness (QED) is 0.370. The maximum atomic E-state index is 12.4. The second kappa shape index (κ2) is 9.92. The molecule has 0 radical (unpaired) electrons. The lowest BCUT2D eigenvalue weighted by atomic mass is 10.2. The van der Waals surface area contributed by atoms with Gasteiger partial charge in [0.25, 0.3) is 0 Å². The fourth-order valence-corrected chi connectivity index (χ4v) is 2.45. The summed E-state index contributed by atoms with van der Waals surface area (Å²) in [7, 11) is 1.66. The van der Waals surface area contributed by atoms with Crippen molar-refractivity contribution in [1.82, 2.24) is 15.6 Å². The van der Waals surface area contributed by atoms with Gasteiger partial charge in [-0.05, 0) is 20.1 Å². The van der Waals surface area contributed by atoms with E-state index >= 15 is 0 Å². The second-order valence-electron chi connectivity index (χ2n) is 5.19. The maximum absolute atomic E-state index is 12.4. The lowest BCUT2D eigenvalue weighted by Crippen LogP contribution is -2.43. The number of alkyl halides is 3. The number of rotatable bonds is 6. The van der Waals surface area contributed by atoms with E-state index in [0.29, 0.717) is 23.9 Å². The van der Waals surface area contributed by atoms with Crippen LogP contribution in [0, 0.1) is 0 Å². The van der Waals surface area contributed by atoms with Crippen molar-refractivity contribution in [3.63, 3.8) is 0 Å². The molecule has 0 unspecified atom stereocenters. The molecule has 4 nitrogen and oxygen atoms in total. The van der Waals surface area contributed by atoms with Gasteiger partial charge in [0.1, 0.15) is 0 Å². The minimum atomic E-state index is -4.37. The normalized spacial score (nSPS) is 12.7. The first-order valence-corrected chi connectivity index (χ1v) is 8.79. The highest BCUT2D eigenvalue weighted by molar-refractivity contribution is 14.0. The topological polar surface area (TPSA) is 49.3 Å². The van der Waals surface area contributed by atoms with E-state index in [-0.39, 0.29) is 28.7 Å². The maximum Gasteiger partial charge on any atom is 0.434 e. The van der Waals surface area contributed by atoms with Crippen LogP contribution in [0.5, 0.6) is 0 Å². The molecule has 1 aromatic rings. The number of hydrogen-bond donors (Lipinski definition) is 2. The van der Waals surface area contributed by atoms with E-state index in [9.17, 15) is 13.2 Å². The van der Waals surface area contributed by atoms with Gasteiger partial charge in [0.05, 0.1) is 5.01 Å². The number of aromatic nitrogens is 1. The first-order chi connectivity index (χ1) is 10.2. The third-order valence-electron chi connectivity index (χ3n) is 2.93. The molecule has 0 fully saturated rings. The summed E-state index contributed by atoms with van der Waals surface area (Å²) in [6.45, 7) is 5.45. The standard InChI is InChI=1S/C13H21F3N4S2.HI/c1-12(2,21-4)8-19-11(17-3)18-6-5-10-20-9(7-22-10)13(14,15)16;/h7H,5-6,8H2,1-4H3,(H2,17,18,19);1H. The van der Waals surface area contributed by atoms with Crippen molar-refractivity contribution in [3.8, 4) is 0 Å². The molecular formula is C13H22F3IN4S2. The zero-order valence-corrected chi connectivity index (χ0v) is 17.4. The molecular weight excluding hydrogens is 460 g/mol. The van der Waals surface area contributed by atoms with Crippen molar-refractivity contribution in [2.75, 3.05) is 26.4 Å². The fourth-order valence-electron chi connectivity index (χ4n) is 1.43. The molecule has 10 heteroatoms. The molecule has 23 heavy (non-hydrogen) atoms. The van der Waals surface area contributed by atoms with Gasteiger partial charge in [-0.15, -0.1) is 35.3 Å². The predicted octanol–water partition coefficient (Wildman–Crippen LogP) is 3.63. The van der Waals surface area contributed by atoms with E-state index in [1.54, 1.807) is 18.8 Å². The van der Waals surface area contributed by atoms with Gasteiger partial charge < -0.3 is 10.6 Å². The van der Waals surface area contributed by atoms with Crippen LogP contribution in [0.15, 0.2) is 10.4 Å². The van der Waals surface area contributed by atoms with Crippen molar-refractivity contribution in [2.45, 2.75) is 31.2 Å². The minimum Gasteiger partial charge on any atom is -0.356 e. The molecule has 0 saturated carbocycles. The number of halogens is 4. The van der Waals surface area contributed by atoms with Crippen LogP contribution in [0.2, 0.25) is 0 Å². The van der Waals surface area contributed by atoms with Gasteiger partial charge in [0.2, 0.25) is 0 Å². The lowest BCUT2D eigenvalue weighted by molar-refractivity contribution is -0.140. The average molecular weight is 482 g/mol. The van der Waals surface area contributed by atoms with Gasteiger partial charge in [-0.25, -0.2) is 4.98 Å². The molecule has 0 aliphatic rings. The molecule has 0 aliphatic heterocycles. The Bertz CT molecular complexity index is 504. The van der Waals surface area contributed by atoms with Crippen LogP contribution >= 0.6 is 47.1 Å². The third kappa shape index (κ3) is 8.43. The van der Waals surface area contributed by atoms with E-state index in [2.05, 4.69) is 34.5 Å². The number of guanidine groups is 1. The van der Waals surface area contributed by atoms with E-state index in [1.807, 2.05) is 6.26 Å². The molecule has 2 N–H and O–H groups in total. The summed E-state index contributed by atoms with van der Waals surface area (Å²) in [5, 5.41) is 7.78. The molecule has 0 bridgehead atoms. The number of nitrogens with one attached hydrogen (secondary N) is 2. The Labute approximate surface area is 160 Å². The van der Waals surface area contributed by atoms with Crippen molar-refractivity contribution in [1.29, 1.82) is 0 Å². The molecule has 134 valence electrons. The number of thioether (sulfide) groups is 1. The summed E-state index contributed by atoms with van der Waals surface area (Å²) < 4.78 is 37.4. The molecule has 0 aliphatic carbocycles. The van der Waals surface area contributed by atoms with Crippen molar-refractivity contribution in [2.24, 2.45) is 4.99 Å². The minimum absolute atomic E-state index is 0. The highest BCUT2D eigenvalue weighted by Gasteiger charge is 2.33. The van der Waals surface area contributed by atoms with Crippen LogP contribution in [0.1, 0.15) is 24.5 Å². The Hall–Kier alpha value is -0.230. The summed E-state index contributed by atoms with van der Waals surface area (Å²) in [6.07, 6.45) is -1.91. The molecule has 1 aromatic heterocycles. The van der Waals surface area contributed by atoms with Gasteiger partial charge in [0.15, 0.2) is 11.7 Å². The smallest absolute Gasteiger partial charge is 0.356 e. The number of thiazole rings is 1. The zero-order chi connectivity index (χ0) is 16.8. The molecule has 0 saturated heterocycles. The number of aliphatic imine (C=N–C) groups is 1. The SMILES string of the molecule is CN=C(NCCc1nc(C(F)(F)F)cs1)NCC(C)(C)SC.I. The molecule has 1 rings (SSSR count). The van der Waals surface area contributed by atoms with Crippen molar-refractivity contribution >= 4 is 53.0 Å². The Morgan fingerprint density at radius 2 is 2.00 bits per heavy atom. The first-order valence-electron chi connectivity index (χ1n) is 6.69. The van der Waals surface area contributed by atoms with E-state index in [4.69, 9.17) is 0 Å². The highest BCUT2D eigenvalue weighted by Crippen LogP contribution is 2.30. The fraction of sp³-hybridized carbons (Fsp3) is 0.692. The van der Waals surface area contributed by atoms with Crippen LogP contribution < -0.4 is 10.6 Å². The van der Waals surface area contributed by atoms with Gasteiger partial charge in [0, 0.05) is 36.7 Å². The Morgan fingerprint density at radius 3 is 2.48 bits per heavy atom. The lowest BCUT2D eigenvalue weighted by Gasteiger charge is -2.23. The summed E-state index contributed by atoms with van der Waals surface area (Å²) in [5.41, 5.74) is -0.822. The summed E-state index contributed by atoms with van der Waals surface area (Å²) in [6, 6.07) is 0. The number of nitrogens with zero attached hydrogens (tertiary/aromatic N) is 2. The molecule has 1 heterocycles. The van der Waals surface area contributed by atoms with Crippen LogP contribution in [0.3, 0.4) is 0 Å². The Kier molecular flexibility index (Phi) is 9.82. The third-order valence-corrected chi connectivity index (χ3v) is 5.09.